The Morgan fingerprint density at radius 1 is 1.44 bits per heavy atom. The highest BCUT2D eigenvalue weighted by atomic mass is 32.2. The fourth-order valence-corrected chi connectivity index (χ4v) is 1.77. The lowest BCUT2D eigenvalue weighted by Crippen LogP contribution is -2.09. The zero-order valence-electron chi connectivity index (χ0n) is 8.04. The van der Waals surface area contributed by atoms with E-state index in [1.54, 1.807) is 0 Å². The normalized spacial score (nSPS) is 11.5. The first-order valence-corrected chi connectivity index (χ1v) is 5.19. The standard InChI is InChI=1S/C8H7F3N2O2S/c1-16-7-3-5(12)6(13(14)15)2-4(7)8(9,10)11/h2-3H,12H2,1H3. The summed E-state index contributed by atoms with van der Waals surface area (Å²) in [5.74, 6) is 0. The summed E-state index contributed by atoms with van der Waals surface area (Å²) in [5, 5.41) is 10.5. The average molecular weight is 252 g/mol. The Kier molecular flexibility index (Phi) is 3.32. The van der Waals surface area contributed by atoms with Crippen LogP contribution in [0.15, 0.2) is 17.0 Å². The second kappa shape index (κ2) is 4.20. The Bertz CT molecular complexity index is 434. The van der Waals surface area contributed by atoms with Gasteiger partial charge in [0.15, 0.2) is 0 Å². The maximum Gasteiger partial charge on any atom is 0.417 e. The van der Waals surface area contributed by atoms with Crippen molar-refractivity contribution >= 4 is 23.1 Å². The summed E-state index contributed by atoms with van der Waals surface area (Å²) < 4.78 is 37.6. The first-order chi connectivity index (χ1) is 7.27. The van der Waals surface area contributed by atoms with Gasteiger partial charge in [0.25, 0.3) is 5.69 Å². The molecule has 4 nitrogen and oxygen atoms in total. The highest BCUT2D eigenvalue weighted by Crippen LogP contribution is 2.40. The molecule has 0 heterocycles. The number of anilines is 1. The Morgan fingerprint density at radius 3 is 2.38 bits per heavy atom. The number of benzene rings is 1. The number of thioether (sulfide) groups is 1. The zero-order valence-corrected chi connectivity index (χ0v) is 8.85. The van der Waals surface area contributed by atoms with E-state index in [1.807, 2.05) is 0 Å². The maximum absolute atomic E-state index is 12.5. The molecular formula is C8H7F3N2O2S. The van der Waals surface area contributed by atoms with Crippen LogP contribution in [0, 0.1) is 10.1 Å². The van der Waals surface area contributed by atoms with E-state index in [0.29, 0.717) is 6.07 Å². The lowest BCUT2D eigenvalue weighted by atomic mass is 10.1. The number of nitro benzene ring substituents is 1. The van der Waals surface area contributed by atoms with Crippen molar-refractivity contribution in [2.45, 2.75) is 11.1 Å². The molecule has 0 saturated carbocycles. The van der Waals surface area contributed by atoms with Gasteiger partial charge in [-0.25, -0.2) is 0 Å². The van der Waals surface area contributed by atoms with Crippen LogP contribution in [0.1, 0.15) is 5.56 Å². The fraction of sp³-hybridized carbons (Fsp3) is 0.250. The van der Waals surface area contributed by atoms with E-state index >= 15 is 0 Å². The van der Waals surface area contributed by atoms with Gasteiger partial charge >= 0.3 is 6.18 Å². The summed E-state index contributed by atoms with van der Waals surface area (Å²) in [7, 11) is 0. The van der Waals surface area contributed by atoms with Gasteiger partial charge in [-0.15, -0.1) is 11.8 Å². The summed E-state index contributed by atoms with van der Waals surface area (Å²) in [6.45, 7) is 0. The molecule has 0 fully saturated rings. The monoisotopic (exact) mass is 252 g/mol. The minimum atomic E-state index is -4.63. The smallest absolute Gasteiger partial charge is 0.393 e. The number of nitro groups is 1. The Balaban J connectivity index is 3.47. The van der Waals surface area contributed by atoms with Gasteiger partial charge < -0.3 is 5.73 Å². The molecule has 1 aromatic rings. The van der Waals surface area contributed by atoms with E-state index in [9.17, 15) is 23.3 Å². The summed E-state index contributed by atoms with van der Waals surface area (Å²) in [4.78, 5) is 9.39. The summed E-state index contributed by atoms with van der Waals surface area (Å²) in [6.07, 6.45) is -3.19. The first-order valence-electron chi connectivity index (χ1n) is 3.96. The Hall–Kier alpha value is -1.44. The van der Waals surface area contributed by atoms with E-state index in [2.05, 4.69) is 0 Å². The lowest BCUT2D eigenvalue weighted by molar-refractivity contribution is -0.384. The third kappa shape index (κ3) is 2.38. The van der Waals surface area contributed by atoms with Gasteiger partial charge in [-0.1, -0.05) is 0 Å². The number of nitrogen functional groups attached to an aromatic ring is 1. The minimum Gasteiger partial charge on any atom is -0.393 e. The van der Waals surface area contributed by atoms with Crippen molar-refractivity contribution in [3.63, 3.8) is 0 Å². The van der Waals surface area contributed by atoms with Gasteiger partial charge in [-0.05, 0) is 12.3 Å². The number of nitrogens with zero attached hydrogens (tertiary/aromatic N) is 1. The summed E-state index contributed by atoms with van der Waals surface area (Å²) in [5.41, 5.74) is 3.24. The highest BCUT2D eigenvalue weighted by molar-refractivity contribution is 7.98. The molecule has 0 unspecified atom stereocenters. The van der Waals surface area contributed by atoms with Crippen molar-refractivity contribution in [2.24, 2.45) is 0 Å². The van der Waals surface area contributed by atoms with Crippen molar-refractivity contribution < 1.29 is 18.1 Å². The second-order valence-corrected chi connectivity index (χ2v) is 3.71. The molecule has 1 rings (SSSR count). The van der Waals surface area contributed by atoms with Crippen molar-refractivity contribution in [2.75, 3.05) is 12.0 Å². The molecule has 0 spiro atoms. The van der Waals surface area contributed by atoms with Gasteiger partial charge in [0.05, 0.1) is 10.5 Å². The zero-order chi connectivity index (χ0) is 12.5. The molecule has 0 bridgehead atoms. The third-order valence-electron chi connectivity index (χ3n) is 1.85. The second-order valence-electron chi connectivity index (χ2n) is 2.87. The van der Waals surface area contributed by atoms with E-state index < -0.39 is 22.4 Å². The van der Waals surface area contributed by atoms with Gasteiger partial charge in [-0.2, -0.15) is 13.2 Å². The van der Waals surface area contributed by atoms with Gasteiger partial charge in [0, 0.05) is 11.0 Å². The minimum absolute atomic E-state index is 0.129. The molecule has 2 N–H and O–H groups in total. The molecule has 0 aromatic heterocycles. The molecule has 0 aliphatic carbocycles. The van der Waals surface area contributed by atoms with Crippen LogP contribution in [-0.4, -0.2) is 11.2 Å². The first kappa shape index (κ1) is 12.6. The SMILES string of the molecule is CSc1cc(N)c([N+](=O)[O-])cc1C(F)(F)F. The molecule has 0 aliphatic heterocycles. The fourth-order valence-electron chi connectivity index (χ4n) is 1.13. The number of halogens is 3. The molecule has 0 amide bonds. The number of nitrogens with two attached hydrogens (primary N) is 1. The number of rotatable bonds is 2. The van der Waals surface area contributed by atoms with Crippen LogP contribution in [-0.2, 0) is 6.18 Å². The molecule has 0 saturated heterocycles. The van der Waals surface area contributed by atoms with Crippen molar-refractivity contribution in [1.82, 2.24) is 0 Å². The largest absolute Gasteiger partial charge is 0.417 e. The molecule has 1 aromatic carbocycles. The Labute approximate surface area is 92.8 Å². The molecule has 8 heteroatoms. The van der Waals surface area contributed by atoms with E-state index in [-0.39, 0.29) is 10.6 Å². The van der Waals surface area contributed by atoms with E-state index in [1.165, 1.54) is 6.26 Å². The highest BCUT2D eigenvalue weighted by Gasteiger charge is 2.35. The van der Waals surface area contributed by atoms with Crippen molar-refractivity contribution in [1.29, 1.82) is 0 Å². The van der Waals surface area contributed by atoms with Crippen LogP contribution in [0.5, 0.6) is 0 Å². The lowest BCUT2D eigenvalue weighted by Gasteiger charge is -2.11. The van der Waals surface area contributed by atoms with Crippen LogP contribution in [0.2, 0.25) is 0 Å². The van der Waals surface area contributed by atoms with Crippen LogP contribution < -0.4 is 5.73 Å². The van der Waals surface area contributed by atoms with Crippen LogP contribution >= 0.6 is 11.8 Å². The summed E-state index contributed by atoms with van der Waals surface area (Å²) >= 11 is 0.834. The Morgan fingerprint density at radius 2 is 2.00 bits per heavy atom. The topological polar surface area (TPSA) is 69.2 Å². The molecule has 0 atom stereocenters. The van der Waals surface area contributed by atoms with E-state index in [4.69, 9.17) is 5.73 Å². The summed E-state index contributed by atoms with van der Waals surface area (Å²) in [6, 6.07) is 1.42. The number of alkyl halides is 3. The molecular weight excluding hydrogens is 245 g/mol. The van der Waals surface area contributed by atoms with E-state index in [0.717, 1.165) is 17.8 Å². The molecule has 88 valence electrons. The van der Waals surface area contributed by atoms with Gasteiger partial charge in [0.1, 0.15) is 5.69 Å². The quantitative estimate of drug-likeness (QED) is 0.380. The molecule has 0 aliphatic rings. The maximum atomic E-state index is 12.5. The average Bonchev–Trinajstić information content (AvgIpc) is 2.14. The predicted molar refractivity (Wildman–Crippen MR) is 54.3 cm³/mol. The van der Waals surface area contributed by atoms with Crippen LogP contribution in [0.4, 0.5) is 24.5 Å². The van der Waals surface area contributed by atoms with Crippen molar-refractivity contribution in [3.8, 4) is 0 Å². The van der Waals surface area contributed by atoms with Gasteiger partial charge in [-0.3, -0.25) is 10.1 Å². The van der Waals surface area contributed by atoms with Crippen LogP contribution in [0.3, 0.4) is 0 Å². The molecule has 0 radical (unpaired) electrons. The molecule has 16 heavy (non-hydrogen) atoms. The van der Waals surface area contributed by atoms with Crippen LogP contribution in [0.25, 0.3) is 0 Å². The van der Waals surface area contributed by atoms with Gasteiger partial charge in [0.2, 0.25) is 0 Å². The van der Waals surface area contributed by atoms with Crippen molar-refractivity contribution in [3.05, 3.63) is 27.8 Å². The number of hydrogen-bond donors (Lipinski definition) is 1. The third-order valence-corrected chi connectivity index (χ3v) is 2.63. The predicted octanol–water partition coefficient (Wildman–Crippen LogP) is 2.92. The number of hydrogen-bond acceptors (Lipinski definition) is 4.